The van der Waals surface area contributed by atoms with Gasteiger partial charge in [-0.2, -0.15) is 8.78 Å². The molecule has 1 fully saturated rings. The van der Waals surface area contributed by atoms with Crippen molar-refractivity contribution in [3.05, 3.63) is 89.0 Å². The predicted octanol–water partition coefficient (Wildman–Crippen LogP) is 6.84. The van der Waals surface area contributed by atoms with Crippen LogP contribution in [-0.4, -0.2) is 12.3 Å². The van der Waals surface area contributed by atoms with E-state index >= 15 is 0 Å². The molecule has 0 heterocycles. The second-order valence-electron chi connectivity index (χ2n) is 7.40. The minimum absolute atomic E-state index is 0.0198. The van der Waals surface area contributed by atoms with Crippen LogP contribution in [0.5, 0.6) is 5.75 Å². The molecule has 172 valence electrons. The molecule has 3 nitrogen and oxygen atoms in total. The summed E-state index contributed by atoms with van der Waals surface area (Å²) < 4.78 is 86.7. The molecule has 33 heavy (non-hydrogen) atoms. The van der Waals surface area contributed by atoms with Crippen LogP contribution in [0.3, 0.4) is 0 Å². The molecule has 3 aromatic rings. The Morgan fingerprint density at radius 3 is 2.12 bits per heavy atom. The summed E-state index contributed by atoms with van der Waals surface area (Å²) in [4.78, 5) is 5.15. The quantitative estimate of drug-likeness (QED) is 0.120. The highest BCUT2D eigenvalue weighted by Gasteiger charge is 2.30. The van der Waals surface area contributed by atoms with Gasteiger partial charge in [0.2, 0.25) is 0 Å². The van der Waals surface area contributed by atoms with Gasteiger partial charge in [0, 0.05) is 5.92 Å². The van der Waals surface area contributed by atoms with Gasteiger partial charge in [0.1, 0.15) is 18.2 Å². The van der Waals surface area contributed by atoms with Crippen LogP contribution in [-0.2, 0) is 11.4 Å². The number of benzene rings is 3. The third-order valence-corrected chi connectivity index (χ3v) is 5.13. The Kier molecular flexibility index (Phi) is 6.57. The summed E-state index contributed by atoms with van der Waals surface area (Å²) in [6, 6.07) is 13.0. The van der Waals surface area contributed by atoms with Crippen molar-refractivity contribution in [3.63, 3.8) is 0 Å². The molecule has 4 rings (SSSR count). The molecule has 0 saturated heterocycles. The minimum atomic E-state index is -2.96. The van der Waals surface area contributed by atoms with E-state index in [1.54, 1.807) is 6.07 Å². The number of alkyl halides is 2. The maximum atomic E-state index is 15.0. The molecular weight excluding hydrogens is 448 g/mol. The van der Waals surface area contributed by atoms with E-state index in [4.69, 9.17) is 4.84 Å². The highest BCUT2D eigenvalue weighted by molar-refractivity contribution is 6.03. The van der Waals surface area contributed by atoms with E-state index < -0.39 is 47.6 Å². The molecule has 0 spiro atoms. The van der Waals surface area contributed by atoms with Crippen molar-refractivity contribution in [2.75, 3.05) is 0 Å². The first-order chi connectivity index (χ1) is 15.9. The van der Waals surface area contributed by atoms with Gasteiger partial charge in [0.05, 0.1) is 16.8 Å². The molecule has 0 atom stereocenters. The minimum Gasteiger partial charge on any atom is -0.435 e. The average Bonchev–Trinajstić information content (AvgIpc) is 3.64. The smallest absolute Gasteiger partial charge is 0.387 e. The molecule has 0 radical (unpaired) electrons. The summed E-state index contributed by atoms with van der Waals surface area (Å²) in [7, 11) is 0. The molecule has 9 heteroatoms. The topological polar surface area (TPSA) is 30.8 Å². The van der Waals surface area contributed by atoms with Gasteiger partial charge in [-0.15, -0.1) is 0 Å². The van der Waals surface area contributed by atoms with Gasteiger partial charge in [0.25, 0.3) is 0 Å². The first-order valence-corrected chi connectivity index (χ1v) is 10.0. The lowest BCUT2D eigenvalue weighted by atomic mass is 10.0. The number of nitrogens with zero attached hydrogens (tertiary/aromatic N) is 1. The SMILES string of the molecule is Fc1c(F)c(CO/N=C(/c2ccc(OC(F)F)cc2)C2CC2)c(F)c(-c2ccccc2)c1F. The Morgan fingerprint density at radius 2 is 1.52 bits per heavy atom. The van der Waals surface area contributed by atoms with Crippen LogP contribution >= 0.6 is 0 Å². The molecule has 1 saturated carbocycles. The Morgan fingerprint density at radius 1 is 0.848 bits per heavy atom. The van der Waals surface area contributed by atoms with Crippen molar-refractivity contribution < 1.29 is 35.9 Å². The number of hydrogen-bond acceptors (Lipinski definition) is 3. The van der Waals surface area contributed by atoms with E-state index in [1.807, 2.05) is 0 Å². The van der Waals surface area contributed by atoms with Gasteiger partial charge in [-0.05, 0) is 48.2 Å². The lowest BCUT2D eigenvalue weighted by molar-refractivity contribution is -0.0498. The number of ether oxygens (including phenoxy) is 1. The van der Waals surface area contributed by atoms with Crippen molar-refractivity contribution in [2.45, 2.75) is 26.1 Å². The number of halogens is 6. The molecule has 0 N–H and O–H groups in total. The zero-order chi connectivity index (χ0) is 23.5. The standard InChI is InChI=1S/C24H17F6NO2/c25-19-17(20(26)22(28)21(27)18(19)13-4-2-1-3-5-13)12-32-31-23(14-6-7-14)15-8-10-16(11-9-15)33-24(29)30/h1-5,8-11,14,24H,6-7,12H2/b31-23+. The van der Waals surface area contributed by atoms with Crippen molar-refractivity contribution in [3.8, 4) is 16.9 Å². The van der Waals surface area contributed by atoms with E-state index in [2.05, 4.69) is 9.89 Å². The number of oxime groups is 1. The summed E-state index contributed by atoms with van der Waals surface area (Å²) in [5.41, 5.74) is -0.456. The van der Waals surface area contributed by atoms with Gasteiger partial charge in [-0.1, -0.05) is 35.5 Å². The van der Waals surface area contributed by atoms with Gasteiger partial charge in [-0.3, -0.25) is 0 Å². The van der Waals surface area contributed by atoms with Crippen molar-refractivity contribution in [2.24, 2.45) is 11.1 Å². The maximum Gasteiger partial charge on any atom is 0.387 e. The van der Waals surface area contributed by atoms with Gasteiger partial charge in [-0.25, -0.2) is 17.6 Å². The van der Waals surface area contributed by atoms with Crippen molar-refractivity contribution in [1.29, 1.82) is 0 Å². The van der Waals surface area contributed by atoms with Crippen LogP contribution in [0, 0.1) is 29.2 Å². The third kappa shape index (κ3) is 4.97. The van der Waals surface area contributed by atoms with Crippen molar-refractivity contribution >= 4 is 5.71 Å². The van der Waals surface area contributed by atoms with E-state index in [-0.39, 0.29) is 17.2 Å². The lowest BCUT2D eigenvalue weighted by Gasteiger charge is -2.13. The monoisotopic (exact) mass is 465 g/mol. The average molecular weight is 465 g/mol. The molecule has 0 unspecified atom stereocenters. The number of hydrogen-bond donors (Lipinski definition) is 0. The highest BCUT2D eigenvalue weighted by Crippen LogP contribution is 2.35. The predicted molar refractivity (Wildman–Crippen MR) is 109 cm³/mol. The molecular formula is C24H17F6NO2. The van der Waals surface area contributed by atoms with Gasteiger partial charge >= 0.3 is 6.61 Å². The summed E-state index contributed by atoms with van der Waals surface area (Å²) in [6.45, 7) is -3.74. The van der Waals surface area contributed by atoms with Crippen molar-refractivity contribution in [1.82, 2.24) is 0 Å². The first-order valence-electron chi connectivity index (χ1n) is 10.0. The Hall–Kier alpha value is -3.49. The second-order valence-corrected chi connectivity index (χ2v) is 7.40. The Labute approximate surface area is 185 Å². The summed E-state index contributed by atoms with van der Waals surface area (Å²) in [6.07, 6.45) is 1.59. The highest BCUT2D eigenvalue weighted by atomic mass is 19.3. The molecule has 1 aliphatic carbocycles. The van der Waals surface area contributed by atoms with Crippen LogP contribution < -0.4 is 4.74 Å². The van der Waals surface area contributed by atoms with E-state index in [0.29, 0.717) is 11.3 Å². The molecule has 1 aliphatic rings. The van der Waals surface area contributed by atoms with Crippen LogP contribution in [0.1, 0.15) is 24.0 Å². The zero-order valence-electron chi connectivity index (χ0n) is 17.0. The summed E-state index contributed by atoms with van der Waals surface area (Å²) in [5, 5.41) is 3.96. The normalized spacial score (nSPS) is 14.0. The van der Waals surface area contributed by atoms with E-state index in [9.17, 15) is 26.3 Å². The molecule has 0 aliphatic heterocycles. The summed E-state index contributed by atoms with van der Waals surface area (Å²) >= 11 is 0. The largest absolute Gasteiger partial charge is 0.435 e. The fourth-order valence-corrected chi connectivity index (χ4v) is 3.36. The van der Waals surface area contributed by atoms with E-state index in [0.717, 1.165) is 12.8 Å². The fraction of sp³-hybridized carbons (Fsp3) is 0.208. The Balaban J connectivity index is 1.60. The summed E-state index contributed by atoms with van der Waals surface area (Å²) in [5.74, 6) is -6.44. The first kappa shape index (κ1) is 22.7. The maximum absolute atomic E-state index is 15.0. The van der Waals surface area contributed by atoms with Crippen LogP contribution in [0.25, 0.3) is 11.1 Å². The Bertz CT molecular complexity index is 1160. The molecule has 0 aromatic heterocycles. The molecule has 3 aromatic carbocycles. The second kappa shape index (κ2) is 9.56. The van der Waals surface area contributed by atoms with Crippen LogP contribution in [0.15, 0.2) is 59.8 Å². The van der Waals surface area contributed by atoms with Crippen LogP contribution in [0.2, 0.25) is 0 Å². The molecule has 0 bridgehead atoms. The van der Waals surface area contributed by atoms with Gasteiger partial charge in [0.15, 0.2) is 17.5 Å². The lowest BCUT2D eigenvalue weighted by Crippen LogP contribution is -2.09. The van der Waals surface area contributed by atoms with E-state index in [1.165, 1.54) is 48.5 Å². The van der Waals surface area contributed by atoms with Gasteiger partial charge < -0.3 is 9.57 Å². The molecule has 0 amide bonds. The van der Waals surface area contributed by atoms with Crippen LogP contribution in [0.4, 0.5) is 26.3 Å². The third-order valence-electron chi connectivity index (χ3n) is 5.13. The zero-order valence-corrected chi connectivity index (χ0v) is 17.0. The fourth-order valence-electron chi connectivity index (χ4n) is 3.36. The number of rotatable bonds is 8.